The molecule has 1 rings (SSSR count). The van der Waals surface area contributed by atoms with Crippen LogP contribution in [0.25, 0.3) is 5.57 Å². The van der Waals surface area contributed by atoms with E-state index < -0.39 is 0 Å². The molecule has 0 atom stereocenters. The largest absolute Gasteiger partial charge is 0.171 e. The molecule has 1 aromatic rings. The maximum absolute atomic E-state index is 3.89. The Morgan fingerprint density at radius 3 is 2.45 bits per heavy atom. The fourth-order valence-corrected chi connectivity index (χ4v) is 0.891. The molecule has 0 aliphatic heterocycles. The van der Waals surface area contributed by atoms with Crippen LogP contribution in [0.15, 0.2) is 49.6 Å². The number of hydrogen-bond donors (Lipinski definition) is 0. The normalized spacial score (nSPS) is 8.73. The fourth-order valence-electron chi connectivity index (χ4n) is 0.891. The first-order chi connectivity index (χ1) is 5.34. The Morgan fingerprint density at radius 1 is 1.27 bits per heavy atom. The topological polar surface area (TPSA) is 0 Å². The van der Waals surface area contributed by atoms with Crippen molar-refractivity contribution >= 4 is 5.57 Å². The summed E-state index contributed by atoms with van der Waals surface area (Å²) in [6.07, 6.45) is 3.64. The molecule has 56 valence electrons. The van der Waals surface area contributed by atoms with Crippen LogP contribution in [0.1, 0.15) is 5.56 Å². The Hall–Kier alpha value is -1.43. The number of rotatable bonds is 3. The lowest BCUT2D eigenvalue weighted by atomic mass is 10.1. The Balaban J connectivity index is 2.77. The first-order valence-corrected chi connectivity index (χ1v) is 3.54. The lowest BCUT2D eigenvalue weighted by molar-refractivity contribution is 1.60. The average molecular weight is 143 g/mol. The molecule has 0 heterocycles. The van der Waals surface area contributed by atoms with Gasteiger partial charge in [-0.1, -0.05) is 35.9 Å². The lowest BCUT2D eigenvalue weighted by Crippen LogP contribution is -1.79. The minimum absolute atomic E-state index is 1.00. The molecule has 1 aromatic carbocycles. The highest BCUT2D eigenvalue weighted by Gasteiger charge is 1.84. The first-order valence-electron chi connectivity index (χ1n) is 3.54. The molecule has 11 heavy (non-hydrogen) atoms. The summed E-state index contributed by atoms with van der Waals surface area (Å²) in [5, 5.41) is 0. The minimum atomic E-state index is 1.00. The van der Waals surface area contributed by atoms with Crippen molar-refractivity contribution in [3.05, 3.63) is 61.5 Å². The second kappa shape index (κ2) is 3.67. The zero-order chi connectivity index (χ0) is 8.10. The van der Waals surface area contributed by atoms with E-state index in [1.807, 2.05) is 36.8 Å². The van der Waals surface area contributed by atoms with Gasteiger partial charge in [-0.15, -0.1) is 12.0 Å². The van der Waals surface area contributed by atoms with Gasteiger partial charge in [0.25, 0.3) is 0 Å². The Bertz CT molecular complexity index is 244. The summed E-state index contributed by atoms with van der Waals surface area (Å²) in [4.78, 5) is 0. The monoisotopic (exact) mass is 143 g/mol. The van der Waals surface area contributed by atoms with E-state index in [0.29, 0.717) is 0 Å². The smallest absolute Gasteiger partial charge is 0.0638 e. The molecule has 0 aliphatic rings. The van der Waals surface area contributed by atoms with Gasteiger partial charge in [0, 0.05) is 0 Å². The summed E-state index contributed by atoms with van der Waals surface area (Å²) in [5.74, 6) is 0. The third kappa shape index (κ3) is 2.01. The molecule has 0 aromatic heterocycles. The maximum atomic E-state index is 3.89. The number of benzene rings is 1. The summed E-state index contributed by atoms with van der Waals surface area (Å²) in [7, 11) is 0. The molecule has 0 spiro atoms. The van der Waals surface area contributed by atoms with E-state index in [1.165, 1.54) is 0 Å². The van der Waals surface area contributed by atoms with Gasteiger partial charge in [0.2, 0.25) is 0 Å². The molecule has 0 amide bonds. The molecule has 0 N–H and O–H groups in total. The van der Waals surface area contributed by atoms with Crippen LogP contribution in [-0.4, -0.2) is 0 Å². The Kier molecular flexibility index (Phi) is 2.56. The highest BCUT2D eigenvalue weighted by Crippen LogP contribution is 2.13. The minimum Gasteiger partial charge on any atom is -0.171 e. The molecule has 0 bridgehead atoms. The fraction of sp³-hybridized carbons (Fsp3) is 0. The molecule has 0 saturated heterocycles. The first kappa shape index (κ1) is 7.67. The molecule has 0 saturated carbocycles. The van der Waals surface area contributed by atoms with Crippen molar-refractivity contribution in [1.29, 1.82) is 0 Å². The van der Waals surface area contributed by atoms with Crippen LogP contribution in [0, 0.1) is 6.42 Å². The summed E-state index contributed by atoms with van der Waals surface area (Å²) in [6.45, 7) is 7.50. The molecule has 0 nitrogen and oxygen atoms in total. The maximum Gasteiger partial charge on any atom is -0.0638 e. The van der Waals surface area contributed by atoms with Crippen molar-refractivity contribution in [1.82, 2.24) is 0 Å². The average Bonchev–Trinajstić information content (AvgIpc) is 2.07. The molecule has 0 radical (unpaired) electrons. The quantitative estimate of drug-likeness (QED) is 0.570. The van der Waals surface area contributed by atoms with Gasteiger partial charge in [-0.25, -0.2) is 0 Å². The van der Waals surface area contributed by atoms with Crippen molar-refractivity contribution < 1.29 is 0 Å². The number of hydrogen-bond acceptors (Lipinski definition) is 0. The molecule has 0 unspecified atom stereocenters. The van der Waals surface area contributed by atoms with E-state index in [0.717, 1.165) is 11.1 Å². The van der Waals surface area contributed by atoms with E-state index in [-0.39, 0.29) is 0 Å². The third-order valence-corrected chi connectivity index (χ3v) is 1.46. The van der Waals surface area contributed by atoms with Crippen LogP contribution >= 0.6 is 0 Å². The van der Waals surface area contributed by atoms with Gasteiger partial charge >= 0.3 is 0 Å². The highest BCUT2D eigenvalue weighted by molar-refractivity contribution is 5.71. The van der Waals surface area contributed by atoms with E-state index in [1.54, 1.807) is 6.08 Å². The molecule has 0 aliphatic carbocycles. The van der Waals surface area contributed by atoms with Crippen LogP contribution < -0.4 is 0 Å². The zero-order valence-electron chi connectivity index (χ0n) is 6.46. The van der Waals surface area contributed by atoms with E-state index in [2.05, 4.69) is 13.2 Å². The van der Waals surface area contributed by atoms with E-state index >= 15 is 0 Å². The van der Waals surface area contributed by atoms with Crippen molar-refractivity contribution in [2.75, 3.05) is 0 Å². The van der Waals surface area contributed by atoms with Gasteiger partial charge in [0.05, 0.1) is 0 Å². The van der Waals surface area contributed by atoms with Crippen LogP contribution in [0.5, 0.6) is 0 Å². The second-order valence-corrected chi connectivity index (χ2v) is 2.29. The molecule has 0 heteroatoms. The van der Waals surface area contributed by atoms with Crippen LogP contribution in [0.4, 0.5) is 0 Å². The van der Waals surface area contributed by atoms with Gasteiger partial charge in [-0.2, -0.15) is 19.2 Å². The summed E-state index contributed by atoms with van der Waals surface area (Å²) in [5.41, 5.74) is 2.15. The van der Waals surface area contributed by atoms with Crippen molar-refractivity contribution in [3.8, 4) is 0 Å². The third-order valence-electron chi connectivity index (χ3n) is 1.46. The molecule has 0 fully saturated rings. The SMILES string of the molecule is C=C[CH-]C(=C)c1ccccc1. The van der Waals surface area contributed by atoms with Gasteiger partial charge < -0.3 is 0 Å². The van der Waals surface area contributed by atoms with E-state index in [4.69, 9.17) is 0 Å². The van der Waals surface area contributed by atoms with Crippen LogP contribution in [-0.2, 0) is 0 Å². The second-order valence-electron chi connectivity index (χ2n) is 2.29. The summed E-state index contributed by atoms with van der Waals surface area (Å²) in [6, 6.07) is 10.0. The predicted molar refractivity (Wildman–Crippen MR) is 50.0 cm³/mol. The standard InChI is InChI=1S/C11H11/c1-3-7-10(2)11-8-5-4-6-9-11/h3-9H,1-2H2/q-1. The number of allylic oxidation sites excluding steroid dienone is 2. The van der Waals surface area contributed by atoms with Gasteiger partial charge in [-0.3, -0.25) is 0 Å². The molecular formula is C11H11-. The van der Waals surface area contributed by atoms with Crippen molar-refractivity contribution in [2.24, 2.45) is 0 Å². The van der Waals surface area contributed by atoms with Gasteiger partial charge in [0.1, 0.15) is 0 Å². The van der Waals surface area contributed by atoms with Crippen LogP contribution in [0.2, 0.25) is 0 Å². The zero-order valence-corrected chi connectivity index (χ0v) is 6.46. The van der Waals surface area contributed by atoms with Gasteiger partial charge in [-0.05, 0) is 0 Å². The predicted octanol–water partition coefficient (Wildman–Crippen LogP) is 3.09. The van der Waals surface area contributed by atoms with E-state index in [9.17, 15) is 0 Å². The van der Waals surface area contributed by atoms with Crippen molar-refractivity contribution in [3.63, 3.8) is 0 Å². The molecular weight excluding hydrogens is 132 g/mol. The summed E-state index contributed by atoms with van der Waals surface area (Å²) >= 11 is 0. The highest BCUT2D eigenvalue weighted by atomic mass is 14.0. The Labute approximate surface area is 67.9 Å². The Morgan fingerprint density at radius 2 is 1.91 bits per heavy atom. The summed E-state index contributed by atoms with van der Waals surface area (Å²) < 4.78 is 0. The lowest BCUT2D eigenvalue weighted by Gasteiger charge is -2.08. The van der Waals surface area contributed by atoms with Crippen molar-refractivity contribution in [2.45, 2.75) is 0 Å². The van der Waals surface area contributed by atoms with Crippen LogP contribution in [0.3, 0.4) is 0 Å². The van der Waals surface area contributed by atoms with Gasteiger partial charge in [0.15, 0.2) is 0 Å².